The van der Waals surface area contributed by atoms with Crippen LogP contribution >= 0.6 is 34.5 Å². The number of nitrogens with zero attached hydrogens (tertiary/aromatic N) is 1. The Morgan fingerprint density at radius 3 is 2.50 bits per heavy atom. The van der Waals surface area contributed by atoms with E-state index >= 15 is 0 Å². The van der Waals surface area contributed by atoms with Crippen molar-refractivity contribution in [2.45, 2.75) is 20.8 Å². The molecule has 0 bridgehead atoms. The second kappa shape index (κ2) is 6.24. The van der Waals surface area contributed by atoms with Crippen LogP contribution < -0.4 is 5.73 Å². The molecule has 0 aliphatic heterocycles. The molecular formula is C12H18Cl2N2OS. The summed E-state index contributed by atoms with van der Waals surface area (Å²) < 4.78 is 0.964. The zero-order valence-electron chi connectivity index (χ0n) is 10.8. The molecule has 1 aromatic heterocycles. The van der Waals surface area contributed by atoms with Crippen molar-refractivity contribution in [2.24, 2.45) is 11.1 Å². The third kappa shape index (κ3) is 3.85. The molecule has 0 saturated carbocycles. The molecule has 0 atom stereocenters. The first kappa shape index (κ1) is 15.8. The minimum Gasteiger partial charge on any atom is -0.338 e. The van der Waals surface area contributed by atoms with Crippen LogP contribution in [0.25, 0.3) is 0 Å². The van der Waals surface area contributed by atoms with E-state index in [4.69, 9.17) is 28.9 Å². The van der Waals surface area contributed by atoms with Gasteiger partial charge in [0.05, 0.1) is 9.90 Å². The quantitative estimate of drug-likeness (QED) is 0.905. The monoisotopic (exact) mass is 308 g/mol. The third-order valence-electron chi connectivity index (χ3n) is 2.73. The highest BCUT2D eigenvalue weighted by atomic mass is 35.5. The first-order valence-electron chi connectivity index (χ1n) is 5.75. The Morgan fingerprint density at radius 2 is 2.11 bits per heavy atom. The second-order valence-electron chi connectivity index (χ2n) is 4.93. The van der Waals surface area contributed by atoms with Crippen molar-refractivity contribution in [3.8, 4) is 0 Å². The summed E-state index contributed by atoms with van der Waals surface area (Å²) in [5.74, 6) is -0.0906. The summed E-state index contributed by atoms with van der Waals surface area (Å²) >= 11 is 13.1. The lowest BCUT2D eigenvalue weighted by Gasteiger charge is -2.31. The Balaban J connectivity index is 2.89. The Kier molecular flexibility index (Phi) is 5.46. The standard InChI is InChI=1S/C12H18Cl2N2OS/c1-4-16(7-12(2,3)6-15)11(17)8-5-9(13)18-10(8)14/h5H,4,6-7,15H2,1-3H3. The van der Waals surface area contributed by atoms with Crippen molar-refractivity contribution in [3.05, 3.63) is 20.3 Å². The van der Waals surface area contributed by atoms with Gasteiger partial charge in [0.2, 0.25) is 0 Å². The molecule has 0 radical (unpaired) electrons. The molecule has 0 fully saturated rings. The number of halogens is 2. The molecule has 6 heteroatoms. The van der Waals surface area contributed by atoms with Gasteiger partial charge < -0.3 is 10.6 Å². The van der Waals surface area contributed by atoms with Gasteiger partial charge in [-0.3, -0.25) is 4.79 Å². The Hall–Kier alpha value is -0.290. The fourth-order valence-electron chi connectivity index (χ4n) is 1.56. The molecule has 2 N–H and O–H groups in total. The van der Waals surface area contributed by atoms with Crippen molar-refractivity contribution < 1.29 is 4.79 Å². The molecule has 0 aliphatic carbocycles. The van der Waals surface area contributed by atoms with E-state index in [1.54, 1.807) is 11.0 Å². The van der Waals surface area contributed by atoms with E-state index in [1.165, 1.54) is 11.3 Å². The number of carbonyl (C=O) groups excluding carboxylic acids is 1. The SMILES string of the molecule is CCN(CC(C)(C)CN)C(=O)c1cc(Cl)sc1Cl. The fraction of sp³-hybridized carbons (Fsp3) is 0.583. The normalized spacial score (nSPS) is 11.7. The summed E-state index contributed by atoms with van der Waals surface area (Å²) in [5, 5.41) is 0. The van der Waals surface area contributed by atoms with Gasteiger partial charge in [0.1, 0.15) is 4.34 Å². The largest absolute Gasteiger partial charge is 0.338 e. The van der Waals surface area contributed by atoms with Gasteiger partial charge >= 0.3 is 0 Å². The molecule has 1 rings (SSSR count). The molecule has 1 amide bonds. The predicted octanol–water partition coefficient (Wildman–Crippen LogP) is 3.50. The molecular weight excluding hydrogens is 291 g/mol. The van der Waals surface area contributed by atoms with Crippen LogP contribution in [0.3, 0.4) is 0 Å². The number of rotatable bonds is 5. The van der Waals surface area contributed by atoms with Gasteiger partial charge in [-0.25, -0.2) is 0 Å². The number of thiophene rings is 1. The lowest BCUT2D eigenvalue weighted by molar-refractivity contribution is 0.0701. The van der Waals surface area contributed by atoms with Crippen LogP contribution in [0.1, 0.15) is 31.1 Å². The van der Waals surface area contributed by atoms with Crippen molar-refractivity contribution in [1.82, 2.24) is 4.90 Å². The smallest absolute Gasteiger partial charge is 0.256 e. The molecule has 0 aromatic carbocycles. The lowest BCUT2D eigenvalue weighted by Crippen LogP contribution is -2.41. The summed E-state index contributed by atoms with van der Waals surface area (Å²) in [6, 6.07) is 1.62. The summed E-state index contributed by atoms with van der Waals surface area (Å²) in [7, 11) is 0. The van der Waals surface area contributed by atoms with Gasteiger partial charge in [0.25, 0.3) is 5.91 Å². The van der Waals surface area contributed by atoms with E-state index in [2.05, 4.69) is 0 Å². The Bertz CT molecular complexity index is 432. The maximum atomic E-state index is 12.4. The number of carbonyl (C=O) groups is 1. The molecule has 0 spiro atoms. The highest BCUT2D eigenvalue weighted by Gasteiger charge is 2.25. The summed E-state index contributed by atoms with van der Waals surface area (Å²) in [6.45, 7) is 7.74. The minimum atomic E-state index is -0.113. The van der Waals surface area contributed by atoms with Crippen molar-refractivity contribution in [1.29, 1.82) is 0 Å². The van der Waals surface area contributed by atoms with E-state index in [-0.39, 0.29) is 11.3 Å². The van der Waals surface area contributed by atoms with E-state index in [1.807, 2.05) is 20.8 Å². The van der Waals surface area contributed by atoms with E-state index in [9.17, 15) is 4.79 Å². The maximum Gasteiger partial charge on any atom is 0.256 e. The van der Waals surface area contributed by atoms with E-state index < -0.39 is 0 Å². The molecule has 0 saturated heterocycles. The van der Waals surface area contributed by atoms with Gasteiger partial charge in [-0.1, -0.05) is 37.0 Å². The van der Waals surface area contributed by atoms with E-state index in [0.717, 1.165) is 0 Å². The molecule has 18 heavy (non-hydrogen) atoms. The van der Waals surface area contributed by atoms with Gasteiger partial charge in [-0.05, 0) is 24.9 Å². The third-order valence-corrected chi connectivity index (χ3v) is 4.22. The van der Waals surface area contributed by atoms with Crippen molar-refractivity contribution in [3.63, 3.8) is 0 Å². The average Bonchev–Trinajstić information content (AvgIpc) is 2.64. The molecule has 0 aliphatic rings. The second-order valence-corrected chi connectivity index (χ2v) is 7.21. The van der Waals surface area contributed by atoms with Gasteiger partial charge in [-0.15, -0.1) is 11.3 Å². The zero-order valence-corrected chi connectivity index (χ0v) is 13.1. The van der Waals surface area contributed by atoms with Crippen LogP contribution in [-0.2, 0) is 0 Å². The molecule has 102 valence electrons. The first-order chi connectivity index (χ1) is 8.30. The maximum absolute atomic E-state index is 12.4. The van der Waals surface area contributed by atoms with Crippen LogP contribution in [0.5, 0.6) is 0 Å². The Labute approximate surface area is 122 Å². The first-order valence-corrected chi connectivity index (χ1v) is 7.32. The van der Waals surface area contributed by atoms with Crippen LogP contribution in [0.2, 0.25) is 8.67 Å². The minimum absolute atomic E-state index is 0.0906. The number of hydrogen-bond acceptors (Lipinski definition) is 3. The molecule has 1 aromatic rings. The molecule has 0 unspecified atom stereocenters. The highest BCUT2D eigenvalue weighted by molar-refractivity contribution is 7.20. The lowest BCUT2D eigenvalue weighted by atomic mass is 9.93. The average molecular weight is 309 g/mol. The molecule has 3 nitrogen and oxygen atoms in total. The van der Waals surface area contributed by atoms with Crippen LogP contribution in [0.15, 0.2) is 6.07 Å². The highest BCUT2D eigenvalue weighted by Crippen LogP contribution is 2.32. The van der Waals surface area contributed by atoms with Crippen molar-refractivity contribution in [2.75, 3.05) is 19.6 Å². The summed E-state index contributed by atoms with van der Waals surface area (Å²) in [5.41, 5.74) is 6.06. The van der Waals surface area contributed by atoms with Crippen LogP contribution in [0.4, 0.5) is 0 Å². The Morgan fingerprint density at radius 1 is 1.50 bits per heavy atom. The van der Waals surface area contributed by atoms with Crippen LogP contribution in [-0.4, -0.2) is 30.4 Å². The van der Waals surface area contributed by atoms with Crippen molar-refractivity contribution >= 4 is 40.4 Å². The van der Waals surface area contributed by atoms with Crippen LogP contribution in [0, 0.1) is 5.41 Å². The number of amides is 1. The van der Waals surface area contributed by atoms with Gasteiger partial charge in [0.15, 0.2) is 0 Å². The summed E-state index contributed by atoms with van der Waals surface area (Å²) in [4.78, 5) is 14.1. The van der Waals surface area contributed by atoms with Gasteiger partial charge in [-0.2, -0.15) is 0 Å². The van der Waals surface area contributed by atoms with Gasteiger partial charge in [0, 0.05) is 13.1 Å². The summed E-state index contributed by atoms with van der Waals surface area (Å²) in [6.07, 6.45) is 0. The predicted molar refractivity (Wildman–Crippen MR) is 78.8 cm³/mol. The zero-order chi connectivity index (χ0) is 13.9. The van der Waals surface area contributed by atoms with E-state index in [0.29, 0.717) is 33.9 Å². The fourth-order valence-corrected chi connectivity index (χ4v) is 3.01. The molecule has 1 heterocycles. The topological polar surface area (TPSA) is 46.3 Å². The number of nitrogens with two attached hydrogens (primary N) is 1. The number of hydrogen-bond donors (Lipinski definition) is 1.